The monoisotopic (exact) mass is 433 g/mol. The molecule has 0 saturated carbocycles. The molecule has 3 aromatic rings. The number of rotatable bonds is 6. The molecule has 0 spiro atoms. The fourth-order valence-corrected chi connectivity index (χ4v) is 3.66. The number of alkyl carbamates (subject to hydrolysis) is 1. The Balaban J connectivity index is 1.73. The number of nitrogens with one attached hydrogen (secondary N) is 1. The SMILES string of the molecule is CC(C)CC(NC(=O)OC(C)(C)C)c1nc(N2CC2)c2cc(-c3ccncc3)ccc2n1. The number of benzene rings is 1. The molecule has 0 bridgehead atoms. The third-order valence-electron chi connectivity index (χ3n) is 5.16. The Morgan fingerprint density at radius 3 is 2.44 bits per heavy atom. The minimum Gasteiger partial charge on any atom is -0.444 e. The molecule has 168 valence electrons. The first kappa shape index (κ1) is 22.0. The molecule has 1 aliphatic rings. The Morgan fingerprint density at radius 1 is 1.09 bits per heavy atom. The van der Waals surface area contributed by atoms with Gasteiger partial charge in [-0.25, -0.2) is 14.8 Å². The van der Waals surface area contributed by atoms with E-state index in [0.717, 1.165) is 47.4 Å². The fraction of sp³-hybridized carbons (Fsp3) is 0.440. The molecule has 0 aliphatic carbocycles. The lowest BCUT2D eigenvalue weighted by Crippen LogP contribution is -2.36. The predicted molar refractivity (Wildman–Crippen MR) is 127 cm³/mol. The average molecular weight is 434 g/mol. The lowest BCUT2D eigenvalue weighted by molar-refractivity contribution is 0.0495. The van der Waals surface area contributed by atoms with Crippen molar-refractivity contribution >= 4 is 22.8 Å². The maximum atomic E-state index is 12.5. The molecular formula is C25H31N5O2. The van der Waals surface area contributed by atoms with Crippen molar-refractivity contribution in [2.24, 2.45) is 5.92 Å². The van der Waals surface area contributed by atoms with E-state index in [0.29, 0.717) is 11.7 Å². The summed E-state index contributed by atoms with van der Waals surface area (Å²) < 4.78 is 5.49. The highest BCUT2D eigenvalue weighted by atomic mass is 16.6. The van der Waals surface area contributed by atoms with E-state index in [1.807, 2.05) is 39.0 Å². The average Bonchev–Trinajstić information content (AvgIpc) is 3.56. The van der Waals surface area contributed by atoms with Gasteiger partial charge in [0.05, 0.1) is 11.6 Å². The summed E-state index contributed by atoms with van der Waals surface area (Å²) in [6.07, 6.45) is 3.86. The van der Waals surface area contributed by atoms with Gasteiger partial charge in [-0.3, -0.25) is 4.98 Å². The van der Waals surface area contributed by atoms with Crippen LogP contribution in [0.2, 0.25) is 0 Å². The molecule has 0 radical (unpaired) electrons. The highest BCUT2D eigenvalue weighted by molar-refractivity contribution is 5.93. The van der Waals surface area contributed by atoms with Crippen molar-refractivity contribution in [2.45, 2.75) is 52.7 Å². The van der Waals surface area contributed by atoms with E-state index in [1.165, 1.54) is 0 Å². The van der Waals surface area contributed by atoms with Crippen molar-refractivity contribution in [1.82, 2.24) is 20.3 Å². The van der Waals surface area contributed by atoms with Gasteiger partial charge in [-0.1, -0.05) is 19.9 Å². The Hall–Kier alpha value is -3.22. The van der Waals surface area contributed by atoms with Crippen molar-refractivity contribution in [2.75, 3.05) is 18.0 Å². The van der Waals surface area contributed by atoms with Crippen LogP contribution in [0.3, 0.4) is 0 Å². The molecule has 1 amide bonds. The molecule has 1 saturated heterocycles. The lowest BCUT2D eigenvalue weighted by atomic mass is 10.0. The van der Waals surface area contributed by atoms with Crippen LogP contribution >= 0.6 is 0 Å². The number of hydrogen-bond acceptors (Lipinski definition) is 6. The number of anilines is 1. The molecule has 1 aromatic carbocycles. The molecule has 2 aromatic heterocycles. The summed E-state index contributed by atoms with van der Waals surface area (Å²) in [5.41, 5.74) is 2.51. The number of pyridine rings is 1. The molecule has 7 nitrogen and oxygen atoms in total. The van der Waals surface area contributed by atoms with Crippen LogP contribution in [0, 0.1) is 5.92 Å². The van der Waals surface area contributed by atoms with Gasteiger partial charge < -0.3 is 15.0 Å². The Labute approximate surface area is 189 Å². The molecule has 1 fully saturated rings. The lowest BCUT2D eigenvalue weighted by Gasteiger charge is -2.24. The van der Waals surface area contributed by atoms with Gasteiger partial charge in [-0.05, 0) is 68.5 Å². The summed E-state index contributed by atoms with van der Waals surface area (Å²) >= 11 is 0. The van der Waals surface area contributed by atoms with Gasteiger partial charge in [-0.15, -0.1) is 0 Å². The summed E-state index contributed by atoms with van der Waals surface area (Å²) in [6.45, 7) is 11.8. The van der Waals surface area contributed by atoms with Crippen LogP contribution in [0.1, 0.15) is 52.9 Å². The fourth-order valence-electron chi connectivity index (χ4n) is 3.66. The predicted octanol–water partition coefficient (Wildman–Crippen LogP) is 5.12. The Bertz CT molecular complexity index is 1100. The van der Waals surface area contributed by atoms with Crippen molar-refractivity contribution in [1.29, 1.82) is 0 Å². The molecule has 1 aliphatic heterocycles. The van der Waals surface area contributed by atoms with Crippen molar-refractivity contribution in [3.8, 4) is 11.1 Å². The number of fused-ring (bicyclic) bond motifs is 1. The molecular weight excluding hydrogens is 402 g/mol. The second kappa shape index (κ2) is 8.73. The van der Waals surface area contributed by atoms with Crippen molar-refractivity contribution in [3.63, 3.8) is 0 Å². The van der Waals surface area contributed by atoms with Crippen LogP contribution in [0.25, 0.3) is 22.0 Å². The van der Waals surface area contributed by atoms with Crippen LogP contribution in [0.5, 0.6) is 0 Å². The van der Waals surface area contributed by atoms with Crippen LogP contribution < -0.4 is 10.2 Å². The standard InChI is InChI=1S/C25H31N5O2/c1-16(2)14-21(28-24(31)32-25(3,4)5)22-27-20-7-6-18(17-8-10-26-11-9-17)15-19(20)23(29-22)30-12-13-30/h6-11,15-16,21H,12-14H2,1-5H3,(H,28,31). The highest BCUT2D eigenvalue weighted by Crippen LogP contribution is 2.33. The van der Waals surface area contributed by atoms with Gasteiger partial charge in [0.25, 0.3) is 0 Å². The van der Waals surface area contributed by atoms with E-state index in [1.54, 1.807) is 12.4 Å². The first-order valence-electron chi connectivity index (χ1n) is 11.2. The van der Waals surface area contributed by atoms with Crippen LogP contribution in [0.15, 0.2) is 42.7 Å². The highest BCUT2D eigenvalue weighted by Gasteiger charge is 2.28. The van der Waals surface area contributed by atoms with Gasteiger partial charge in [0.1, 0.15) is 11.4 Å². The van der Waals surface area contributed by atoms with Gasteiger partial charge in [0.15, 0.2) is 5.82 Å². The maximum absolute atomic E-state index is 12.5. The summed E-state index contributed by atoms with van der Waals surface area (Å²) in [5.74, 6) is 1.89. The number of ether oxygens (including phenoxy) is 1. The Kier molecular flexibility index (Phi) is 6.00. The van der Waals surface area contributed by atoms with E-state index in [-0.39, 0.29) is 6.04 Å². The van der Waals surface area contributed by atoms with Gasteiger partial charge in [0.2, 0.25) is 0 Å². The first-order valence-corrected chi connectivity index (χ1v) is 11.2. The smallest absolute Gasteiger partial charge is 0.408 e. The molecule has 3 heterocycles. The quantitative estimate of drug-likeness (QED) is 0.543. The van der Waals surface area contributed by atoms with Crippen LogP contribution in [-0.4, -0.2) is 39.7 Å². The number of aromatic nitrogens is 3. The number of amides is 1. The maximum Gasteiger partial charge on any atom is 0.408 e. The van der Waals surface area contributed by atoms with Gasteiger partial charge >= 0.3 is 6.09 Å². The topological polar surface area (TPSA) is 80.0 Å². The van der Waals surface area contributed by atoms with E-state index < -0.39 is 11.7 Å². The molecule has 7 heteroatoms. The molecule has 4 rings (SSSR count). The summed E-state index contributed by atoms with van der Waals surface area (Å²) in [7, 11) is 0. The minimum atomic E-state index is -0.565. The summed E-state index contributed by atoms with van der Waals surface area (Å²) in [6, 6.07) is 9.91. The zero-order chi connectivity index (χ0) is 22.9. The van der Waals surface area contributed by atoms with E-state index in [4.69, 9.17) is 14.7 Å². The van der Waals surface area contributed by atoms with Crippen molar-refractivity contribution < 1.29 is 9.53 Å². The van der Waals surface area contributed by atoms with Crippen LogP contribution in [-0.2, 0) is 4.74 Å². The van der Waals surface area contributed by atoms with E-state index in [2.05, 4.69) is 41.2 Å². The second-order valence-corrected chi connectivity index (χ2v) is 9.69. The molecule has 32 heavy (non-hydrogen) atoms. The van der Waals surface area contributed by atoms with E-state index in [9.17, 15) is 4.79 Å². The van der Waals surface area contributed by atoms with Crippen molar-refractivity contribution in [3.05, 3.63) is 48.5 Å². The minimum absolute atomic E-state index is 0.326. The molecule has 1 unspecified atom stereocenters. The number of carbonyl (C=O) groups is 1. The number of nitrogens with zero attached hydrogens (tertiary/aromatic N) is 4. The number of carbonyl (C=O) groups excluding carboxylic acids is 1. The van der Waals surface area contributed by atoms with Gasteiger partial charge in [0, 0.05) is 30.9 Å². The zero-order valence-corrected chi connectivity index (χ0v) is 19.4. The Morgan fingerprint density at radius 2 is 1.81 bits per heavy atom. The summed E-state index contributed by atoms with van der Waals surface area (Å²) in [4.78, 5) is 28.6. The second-order valence-electron chi connectivity index (χ2n) is 9.69. The third kappa shape index (κ3) is 5.33. The van der Waals surface area contributed by atoms with Gasteiger partial charge in [-0.2, -0.15) is 0 Å². The van der Waals surface area contributed by atoms with E-state index >= 15 is 0 Å². The normalized spacial score (nSPS) is 14.5. The number of hydrogen-bond donors (Lipinski definition) is 1. The molecule has 1 N–H and O–H groups in total. The third-order valence-corrected chi connectivity index (χ3v) is 5.16. The summed E-state index contributed by atoms with van der Waals surface area (Å²) in [5, 5.41) is 4.01. The zero-order valence-electron chi connectivity index (χ0n) is 19.4. The molecule has 1 atom stereocenters. The van der Waals surface area contributed by atoms with Crippen LogP contribution in [0.4, 0.5) is 10.6 Å². The first-order chi connectivity index (χ1) is 15.2. The largest absolute Gasteiger partial charge is 0.444 e.